The van der Waals surface area contributed by atoms with E-state index in [0.29, 0.717) is 11.5 Å². The molecule has 0 radical (unpaired) electrons. The van der Waals surface area contributed by atoms with Gasteiger partial charge in [0.1, 0.15) is 0 Å². The van der Waals surface area contributed by atoms with Crippen molar-refractivity contribution in [2.75, 3.05) is 25.5 Å². The minimum atomic E-state index is -0.0474. The van der Waals surface area contributed by atoms with E-state index in [1.807, 2.05) is 20.2 Å². The molecule has 4 nitrogen and oxygen atoms in total. The largest absolute Gasteiger partial charge is 0.378 e. The van der Waals surface area contributed by atoms with Crippen LogP contribution in [0.25, 0.3) is 11.1 Å². The van der Waals surface area contributed by atoms with Gasteiger partial charge in [-0.1, -0.05) is 24.3 Å². The number of anilines is 1. The lowest BCUT2D eigenvalue weighted by atomic mass is 9.94. The third kappa shape index (κ3) is 4.47. The molecule has 3 rings (SSSR count). The van der Waals surface area contributed by atoms with E-state index in [2.05, 4.69) is 51.6 Å². The molecule has 2 aromatic rings. The van der Waals surface area contributed by atoms with E-state index in [1.165, 1.54) is 0 Å². The highest BCUT2D eigenvalue weighted by Crippen LogP contribution is 2.23. The van der Waals surface area contributed by atoms with Gasteiger partial charge >= 0.3 is 0 Å². The maximum atomic E-state index is 12.4. The Labute approximate surface area is 149 Å². The Kier molecular flexibility index (Phi) is 5.49. The summed E-state index contributed by atoms with van der Waals surface area (Å²) in [7, 11) is 4.03. The molecule has 0 saturated carbocycles. The van der Waals surface area contributed by atoms with Crippen molar-refractivity contribution >= 4 is 11.6 Å². The topological polar surface area (TPSA) is 45.2 Å². The molecule has 1 aromatic heterocycles. The Morgan fingerprint density at radius 3 is 2.64 bits per heavy atom. The van der Waals surface area contributed by atoms with E-state index in [-0.39, 0.29) is 5.91 Å². The van der Waals surface area contributed by atoms with Crippen LogP contribution < -0.4 is 10.2 Å². The number of aromatic nitrogens is 1. The first-order valence-electron chi connectivity index (χ1n) is 8.79. The van der Waals surface area contributed by atoms with Gasteiger partial charge in [0.25, 0.3) is 5.91 Å². The van der Waals surface area contributed by atoms with Crippen molar-refractivity contribution in [2.45, 2.75) is 19.3 Å². The molecule has 130 valence electrons. The summed E-state index contributed by atoms with van der Waals surface area (Å²) in [5, 5.41) is 3.05. The van der Waals surface area contributed by atoms with Crippen LogP contribution in [0.2, 0.25) is 0 Å². The Hall–Kier alpha value is -2.62. The number of rotatable bonds is 5. The fraction of sp³-hybridized carbons (Fsp3) is 0.333. The molecule has 1 amide bonds. The summed E-state index contributed by atoms with van der Waals surface area (Å²) < 4.78 is 0. The molecule has 0 aliphatic heterocycles. The molecule has 1 aromatic carbocycles. The third-order valence-corrected chi connectivity index (χ3v) is 4.65. The summed E-state index contributed by atoms with van der Waals surface area (Å²) >= 11 is 0. The van der Waals surface area contributed by atoms with Crippen LogP contribution in [0.5, 0.6) is 0 Å². The van der Waals surface area contributed by atoms with E-state index < -0.39 is 0 Å². The van der Waals surface area contributed by atoms with Gasteiger partial charge in [-0.3, -0.25) is 9.78 Å². The third-order valence-electron chi connectivity index (χ3n) is 4.65. The second-order valence-electron chi connectivity index (χ2n) is 6.76. The summed E-state index contributed by atoms with van der Waals surface area (Å²) in [4.78, 5) is 18.8. The number of nitrogens with one attached hydrogen (secondary N) is 1. The molecule has 0 bridgehead atoms. The molecule has 0 fully saturated rings. The van der Waals surface area contributed by atoms with Gasteiger partial charge in [0.05, 0.1) is 5.56 Å². The number of pyridine rings is 1. The summed E-state index contributed by atoms with van der Waals surface area (Å²) in [6.45, 7) is 0.727. The Balaban J connectivity index is 1.67. The number of benzene rings is 1. The quantitative estimate of drug-likeness (QED) is 0.843. The summed E-state index contributed by atoms with van der Waals surface area (Å²) in [6.07, 6.45) is 11.2. The number of nitrogens with zero attached hydrogens (tertiary/aromatic N) is 2. The second kappa shape index (κ2) is 7.97. The summed E-state index contributed by atoms with van der Waals surface area (Å²) in [5.74, 6) is 0.498. The highest BCUT2D eigenvalue weighted by Gasteiger charge is 2.13. The number of carbonyl (C=O) groups excluding carboxylic acids is 1. The molecule has 0 saturated heterocycles. The number of hydrogen-bond acceptors (Lipinski definition) is 3. The van der Waals surface area contributed by atoms with Gasteiger partial charge in [0, 0.05) is 44.3 Å². The highest BCUT2D eigenvalue weighted by molar-refractivity contribution is 5.95. The molecule has 4 heteroatoms. The number of carbonyl (C=O) groups is 1. The van der Waals surface area contributed by atoms with Crippen molar-refractivity contribution in [3.8, 4) is 11.1 Å². The van der Waals surface area contributed by atoms with Crippen LogP contribution in [0.1, 0.15) is 29.6 Å². The van der Waals surface area contributed by atoms with Crippen molar-refractivity contribution in [1.82, 2.24) is 10.3 Å². The van der Waals surface area contributed by atoms with Crippen molar-refractivity contribution in [3.63, 3.8) is 0 Å². The first-order chi connectivity index (χ1) is 12.1. The summed E-state index contributed by atoms with van der Waals surface area (Å²) in [6, 6.07) is 10.2. The van der Waals surface area contributed by atoms with Crippen molar-refractivity contribution < 1.29 is 4.79 Å². The maximum absolute atomic E-state index is 12.4. The zero-order valence-electron chi connectivity index (χ0n) is 14.9. The fourth-order valence-corrected chi connectivity index (χ4v) is 3.05. The molecular weight excluding hydrogens is 310 g/mol. The van der Waals surface area contributed by atoms with Gasteiger partial charge in [0.15, 0.2) is 0 Å². The smallest absolute Gasteiger partial charge is 0.252 e. The molecule has 1 unspecified atom stereocenters. The van der Waals surface area contributed by atoms with E-state index in [4.69, 9.17) is 0 Å². The van der Waals surface area contributed by atoms with Crippen LogP contribution >= 0.6 is 0 Å². The van der Waals surface area contributed by atoms with E-state index in [9.17, 15) is 4.79 Å². The van der Waals surface area contributed by atoms with E-state index in [0.717, 1.165) is 42.6 Å². The van der Waals surface area contributed by atoms with E-state index in [1.54, 1.807) is 12.4 Å². The van der Waals surface area contributed by atoms with Gasteiger partial charge in [-0.15, -0.1) is 0 Å². The van der Waals surface area contributed by atoms with Crippen LogP contribution in [-0.4, -0.2) is 31.5 Å². The first kappa shape index (κ1) is 17.2. The van der Waals surface area contributed by atoms with Gasteiger partial charge in [-0.2, -0.15) is 0 Å². The predicted octanol–water partition coefficient (Wildman–Crippen LogP) is 3.90. The lowest BCUT2D eigenvalue weighted by Gasteiger charge is -2.18. The second-order valence-corrected chi connectivity index (χ2v) is 6.76. The van der Waals surface area contributed by atoms with E-state index >= 15 is 0 Å². The average molecular weight is 335 g/mol. The SMILES string of the molecule is CN(C)c1ccc(-c2cncc(C(=O)NCC3CC=CCC3)c2)cc1. The molecule has 0 spiro atoms. The first-order valence-corrected chi connectivity index (χ1v) is 8.79. The molecular formula is C21H25N3O. The number of hydrogen-bond donors (Lipinski definition) is 1. The number of amides is 1. The minimum absolute atomic E-state index is 0.0474. The summed E-state index contributed by atoms with van der Waals surface area (Å²) in [5.41, 5.74) is 3.77. The van der Waals surface area contributed by atoms with Gasteiger partial charge in [-0.05, 0) is 48.9 Å². The van der Waals surface area contributed by atoms with Gasteiger partial charge in [-0.25, -0.2) is 0 Å². The monoisotopic (exact) mass is 335 g/mol. The lowest BCUT2D eigenvalue weighted by molar-refractivity contribution is 0.0946. The Bertz CT molecular complexity index is 750. The number of allylic oxidation sites excluding steroid dienone is 2. The molecule has 1 aliphatic carbocycles. The fourth-order valence-electron chi connectivity index (χ4n) is 3.05. The normalized spacial score (nSPS) is 16.5. The lowest BCUT2D eigenvalue weighted by Crippen LogP contribution is -2.29. The van der Waals surface area contributed by atoms with Crippen LogP contribution in [0.3, 0.4) is 0 Å². The highest BCUT2D eigenvalue weighted by atomic mass is 16.1. The Morgan fingerprint density at radius 2 is 1.96 bits per heavy atom. The molecule has 1 heterocycles. The molecule has 1 aliphatic rings. The minimum Gasteiger partial charge on any atom is -0.378 e. The van der Waals surface area contributed by atoms with Gasteiger partial charge in [0.2, 0.25) is 0 Å². The average Bonchev–Trinajstić information content (AvgIpc) is 2.67. The van der Waals surface area contributed by atoms with Crippen LogP contribution in [0.4, 0.5) is 5.69 Å². The zero-order chi connectivity index (χ0) is 17.6. The van der Waals surface area contributed by atoms with Crippen LogP contribution in [0, 0.1) is 5.92 Å². The van der Waals surface area contributed by atoms with Crippen LogP contribution in [-0.2, 0) is 0 Å². The molecule has 1 atom stereocenters. The maximum Gasteiger partial charge on any atom is 0.252 e. The Morgan fingerprint density at radius 1 is 1.16 bits per heavy atom. The predicted molar refractivity (Wildman–Crippen MR) is 103 cm³/mol. The molecule has 1 N–H and O–H groups in total. The van der Waals surface area contributed by atoms with Gasteiger partial charge < -0.3 is 10.2 Å². The van der Waals surface area contributed by atoms with Crippen LogP contribution in [0.15, 0.2) is 54.9 Å². The van der Waals surface area contributed by atoms with Crippen molar-refractivity contribution in [1.29, 1.82) is 0 Å². The standard InChI is InChI=1S/C21H25N3O/c1-24(2)20-10-8-17(9-11-20)18-12-19(15-22-14-18)21(25)23-13-16-6-4-3-5-7-16/h3-4,8-12,14-16H,5-7,13H2,1-2H3,(H,23,25). The zero-order valence-corrected chi connectivity index (χ0v) is 14.9. The molecule has 25 heavy (non-hydrogen) atoms. The van der Waals surface area contributed by atoms with Crippen molar-refractivity contribution in [2.24, 2.45) is 5.92 Å². The van der Waals surface area contributed by atoms with Crippen molar-refractivity contribution in [3.05, 3.63) is 60.4 Å².